The van der Waals surface area contributed by atoms with Gasteiger partial charge in [-0.05, 0) is 23.8 Å². The van der Waals surface area contributed by atoms with Crippen LogP contribution in [0, 0.1) is 10.1 Å². The number of nitro benzene ring substituents is 1. The largest absolute Gasteiger partial charge is 0.508 e. The number of hydrogen-bond acceptors (Lipinski definition) is 8. The van der Waals surface area contributed by atoms with Gasteiger partial charge in [-0.1, -0.05) is 19.1 Å². The summed E-state index contributed by atoms with van der Waals surface area (Å²) in [6.45, 7) is 1.38. The molecule has 172 valence electrons. The highest BCUT2D eigenvalue weighted by molar-refractivity contribution is 5.80. The second-order valence-corrected chi connectivity index (χ2v) is 6.93. The van der Waals surface area contributed by atoms with E-state index in [9.17, 15) is 29.9 Å². The number of carbonyl (C=O) groups excluding carboxylic acids is 1. The minimum absolute atomic E-state index is 0.0264. The van der Waals surface area contributed by atoms with E-state index in [1.54, 1.807) is 6.92 Å². The van der Waals surface area contributed by atoms with E-state index in [4.69, 9.17) is 14.2 Å². The Balaban J connectivity index is 2.07. The van der Waals surface area contributed by atoms with Crippen molar-refractivity contribution in [1.29, 1.82) is 0 Å². The van der Waals surface area contributed by atoms with Gasteiger partial charge in [-0.25, -0.2) is 9.59 Å². The molecular formula is C21H24N2O9. The first-order valence-corrected chi connectivity index (χ1v) is 9.50. The number of nitrogens with one attached hydrogen (secondary N) is 1. The smallest absolute Gasteiger partial charge is 0.407 e. The molecule has 11 nitrogen and oxygen atoms in total. The first-order chi connectivity index (χ1) is 15.2. The number of aliphatic carboxylic acids is 1. The molecule has 0 fully saturated rings. The van der Waals surface area contributed by atoms with Crippen LogP contribution in [0.5, 0.6) is 17.2 Å². The lowest BCUT2D eigenvalue weighted by molar-refractivity contribution is -0.385. The Bertz CT molecular complexity index is 976. The molecule has 0 aliphatic rings. The normalized spacial score (nSPS) is 12.3. The molecular weight excluding hydrogens is 424 g/mol. The summed E-state index contributed by atoms with van der Waals surface area (Å²) in [7, 11) is 2.75. The molecule has 2 rings (SSSR count). The summed E-state index contributed by atoms with van der Waals surface area (Å²) in [4.78, 5) is 34.5. The monoisotopic (exact) mass is 448 g/mol. The number of carboxylic acids is 1. The maximum atomic E-state index is 12.2. The standard InChI is InChI=1S/C21H24N2O9/c1-12(15-9-18(30-2)19(31-3)10-17(15)23(28)29)11-32-21(27)22-16(20(25)26)8-13-4-6-14(24)7-5-13/h4-7,9-10,12,16,24H,8,11H2,1-3H3,(H,22,27)(H,25,26). The third-order valence-electron chi connectivity index (χ3n) is 4.69. The van der Waals surface area contributed by atoms with Crippen LogP contribution in [0.25, 0.3) is 0 Å². The van der Waals surface area contributed by atoms with Crippen molar-refractivity contribution in [2.75, 3.05) is 20.8 Å². The van der Waals surface area contributed by atoms with Crippen molar-refractivity contribution in [1.82, 2.24) is 5.32 Å². The molecule has 0 radical (unpaired) electrons. The van der Waals surface area contributed by atoms with E-state index in [0.717, 1.165) is 0 Å². The summed E-state index contributed by atoms with van der Waals surface area (Å²) in [5.74, 6) is -1.36. The predicted molar refractivity (Wildman–Crippen MR) is 112 cm³/mol. The lowest BCUT2D eigenvalue weighted by atomic mass is 9.99. The molecule has 0 aliphatic carbocycles. The molecule has 0 heterocycles. The average molecular weight is 448 g/mol. The van der Waals surface area contributed by atoms with Crippen LogP contribution in [0.1, 0.15) is 24.0 Å². The number of benzene rings is 2. The molecule has 0 aliphatic heterocycles. The van der Waals surface area contributed by atoms with Gasteiger partial charge in [0, 0.05) is 17.9 Å². The number of nitro groups is 1. The van der Waals surface area contributed by atoms with Crippen molar-refractivity contribution in [2.24, 2.45) is 0 Å². The highest BCUT2D eigenvalue weighted by atomic mass is 16.6. The molecule has 3 N–H and O–H groups in total. The van der Waals surface area contributed by atoms with Crippen LogP contribution >= 0.6 is 0 Å². The number of phenolic OH excluding ortho intramolecular Hbond substituents is 1. The first-order valence-electron chi connectivity index (χ1n) is 9.50. The Morgan fingerprint density at radius 3 is 2.25 bits per heavy atom. The molecule has 0 bridgehead atoms. The van der Waals surface area contributed by atoms with Crippen molar-refractivity contribution < 1.29 is 38.9 Å². The van der Waals surface area contributed by atoms with E-state index in [0.29, 0.717) is 5.56 Å². The van der Waals surface area contributed by atoms with Gasteiger partial charge in [0.15, 0.2) is 11.5 Å². The topological polar surface area (TPSA) is 157 Å². The Morgan fingerprint density at radius 2 is 1.72 bits per heavy atom. The molecule has 2 aromatic carbocycles. The number of ether oxygens (including phenoxy) is 3. The molecule has 0 saturated carbocycles. The third kappa shape index (κ3) is 6.24. The van der Waals surface area contributed by atoms with Gasteiger partial charge in [0.25, 0.3) is 5.69 Å². The average Bonchev–Trinajstić information content (AvgIpc) is 2.77. The molecule has 0 spiro atoms. The number of methoxy groups -OCH3 is 2. The maximum absolute atomic E-state index is 12.2. The predicted octanol–water partition coefficient (Wildman–Crippen LogP) is 2.84. The number of carbonyl (C=O) groups is 2. The maximum Gasteiger partial charge on any atom is 0.407 e. The van der Waals surface area contributed by atoms with Crippen molar-refractivity contribution in [2.45, 2.75) is 25.3 Å². The third-order valence-corrected chi connectivity index (χ3v) is 4.69. The zero-order valence-corrected chi connectivity index (χ0v) is 17.7. The number of amides is 1. The number of carboxylic acid groups (broad SMARTS) is 1. The van der Waals surface area contributed by atoms with Gasteiger partial charge in [-0.3, -0.25) is 10.1 Å². The van der Waals surface area contributed by atoms with E-state index in [2.05, 4.69) is 5.32 Å². The molecule has 2 unspecified atom stereocenters. The Kier molecular flexibility index (Phi) is 8.22. The second-order valence-electron chi connectivity index (χ2n) is 6.93. The van der Waals surface area contributed by atoms with E-state index >= 15 is 0 Å². The van der Waals surface area contributed by atoms with Gasteiger partial charge in [0.2, 0.25) is 0 Å². The van der Waals surface area contributed by atoms with Gasteiger partial charge in [0.1, 0.15) is 18.4 Å². The summed E-state index contributed by atoms with van der Waals surface area (Å²) >= 11 is 0. The highest BCUT2D eigenvalue weighted by Gasteiger charge is 2.26. The fraction of sp³-hybridized carbons (Fsp3) is 0.333. The van der Waals surface area contributed by atoms with Gasteiger partial charge >= 0.3 is 12.1 Å². The van der Waals surface area contributed by atoms with E-state index < -0.39 is 28.9 Å². The zero-order valence-electron chi connectivity index (χ0n) is 17.7. The van der Waals surface area contributed by atoms with Gasteiger partial charge in [0.05, 0.1) is 25.2 Å². The van der Waals surface area contributed by atoms with Crippen LogP contribution in [0.15, 0.2) is 36.4 Å². The Hall–Kier alpha value is -4.02. The highest BCUT2D eigenvalue weighted by Crippen LogP contribution is 2.37. The number of hydrogen-bond donors (Lipinski definition) is 3. The second kappa shape index (κ2) is 10.8. The van der Waals surface area contributed by atoms with Crippen LogP contribution in [-0.2, 0) is 16.0 Å². The Labute approximate surface area is 183 Å². The van der Waals surface area contributed by atoms with Crippen LogP contribution in [-0.4, -0.2) is 54.1 Å². The van der Waals surface area contributed by atoms with Crippen LogP contribution in [0.2, 0.25) is 0 Å². The van der Waals surface area contributed by atoms with E-state index in [1.807, 2.05) is 0 Å². The zero-order chi connectivity index (χ0) is 23.8. The molecule has 0 aromatic heterocycles. The molecule has 11 heteroatoms. The van der Waals surface area contributed by atoms with Crippen molar-refractivity contribution in [3.05, 3.63) is 57.6 Å². The fourth-order valence-corrected chi connectivity index (χ4v) is 2.98. The van der Waals surface area contributed by atoms with Crippen molar-refractivity contribution in [3.63, 3.8) is 0 Å². The van der Waals surface area contributed by atoms with E-state index in [1.165, 1.54) is 50.6 Å². The van der Waals surface area contributed by atoms with Gasteiger partial charge in [-0.2, -0.15) is 0 Å². The van der Waals surface area contributed by atoms with Gasteiger partial charge in [-0.15, -0.1) is 0 Å². The summed E-state index contributed by atoms with van der Waals surface area (Å²) < 4.78 is 15.4. The minimum Gasteiger partial charge on any atom is -0.508 e. The van der Waals surface area contributed by atoms with Gasteiger partial charge < -0.3 is 29.7 Å². The number of aromatic hydroxyl groups is 1. The van der Waals surface area contributed by atoms with Crippen LogP contribution in [0.4, 0.5) is 10.5 Å². The molecule has 2 atom stereocenters. The summed E-state index contributed by atoms with van der Waals surface area (Å²) in [6, 6.07) is 7.29. The lowest BCUT2D eigenvalue weighted by Crippen LogP contribution is -2.42. The number of phenols is 1. The molecule has 2 aromatic rings. The fourth-order valence-electron chi connectivity index (χ4n) is 2.98. The van der Waals surface area contributed by atoms with Crippen molar-refractivity contribution >= 4 is 17.7 Å². The lowest BCUT2D eigenvalue weighted by Gasteiger charge is -2.18. The molecule has 0 saturated heterocycles. The van der Waals surface area contributed by atoms with Crippen molar-refractivity contribution in [3.8, 4) is 17.2 Å². The van der Waals surface area contributed by atoms with E-state index in [-0.39, 0.29) is 41.5 Å². The molecule has 32 heavy (non-hydrogen) atoms. The number of nitrogens with zero attached hydrogens (tertiary/aromatic N) is 1. The Morgan fingerprint density at radius 1 is 1.12 bits per heavy atom. The summed E-state index contributed by atoms with van der Waals surface area (Å²) in [6.07, 6.45) is -1.01. The summed E-state index contributed by atoms with van der Waals surface area (Å²) in [5, 5.41) is 32.4. The van der Waals surface area contributed by atoms with Crippen LogP contribution in [0.3, 0.4) is 0 Å². The first kappa shape index (κ1) is 24.3. The SMILES string of the molecule is COc1cc(C(C)COC(=O)NC(Cc2ccc(O)cc2)C(=O)O)c([N+](=O)[O-])cc1OC. The minimum atomic E-state index is -1.27. The number of rotatable bonds is 10. The summed E-state index contributed by atoms with van der Waals surface area (Å²) in [5.41, 5.74) is 0.624. The number of alkyl carbamates (subject to hydrolysis) is 1. The quantitative estimate of drug-likeness (QED) is 0.367. The van der Waals surface area contributed by atoms with Crippen LogP contribution < -0.4 is 14.8 Å². The molecule has 1 amide bonds.